The van der Waals surface area contributed by atoms with Crippen molar-refractivity contribution in [1.29, 1.82) is 0 Å². The molecule has 2 aromatic heterocycles. The van der Waals surface area contributed by atoms with Gasteiger partial charge in [-0.05, 0) is 26.0 Å². The number of allylic oxidation sites excluding steroid dienone is 1. The van der Waals surface area contributed by atoms with Crippen molar-refractivity contribution < 1.29 is 0 Å². The Kier molecular flexibility index (Phi) is 3.55. The van der Waals surface area contributed by atoms with E-state index in [1.165, 1.54) is 5.57 Å². The molecule has 0 saturated heterocycles. The average Bonchev–Trinajstić information content (AvgIpc) is 2.71. The Labute approximate surface area is 113 Å². The molecule has 5 heteroatoms. The Morgan fingerprint density at radius 1 is 1.26 bits per heavy atom. The first-order chi connectivity index (χ1) is 8.88. The molecular weight excluding hydrogens is 238 g/mol. The number of nitrogens with zero attached hydrogens (tertiary/aromatic N) is 4. The van der Waals surface area contributed by atoms with Crippen LogP contribution in [-0.4, -0.2) is 26.4 Å². The summed E-state index contributed by atoms with van der Waals surface area (Å²) in [6, 6.07) is 3.86. The highest BCUT2D eigenvalue weighted by molar-refractivity contribution is 5.44. The summed E-state index contributed by atoms with van der Waals surface area (Å²) in [7, 11) is 0. The van der Waals surface area contributed by atoms with Gasteiger partial charge in [-0.1, -0.05) is 32.4 Å². The van der Waals surface area contributed by atoms with Crippen molar-refractivity contribution in [3.63, 3.8) is 0 Å². The molecule has 1 N–H and O–H groups in total. The van der Waals surface area contributed by atoms with Crippen molar-refractivity contribution in [2.75, 3.05) is 11.9 Å². The van der Waals surface area contributed by atoms with E-state index in [1.54, 1.807) is 0 Å². The largest absolute Gasteiger partial charge is 0.365 e. The fraction of sp³-hybridized carbons (Fsp3) is 0.500. The van der Waals surface area contributed by atoms with Crippen molar-refractivity contribution in [2.45, 2.75) is 40.0 Å². The second-order valence-electron chi connectivity index (χ2n) is 5.92. The van der Waals surface area contributed by atoms with Crippen LogP contribution in [-0.2, 0) is 5.41 Å². The minimum atomic E-state index is -0.0784. The third-order valence-electron chi connectivity index (χ3n) is 2.73. The zero-order valence-electron chi connectivity index (χ0n) is 12.2. The van der Waals surface area contributed by atoms with E-state index in [0.717, 1.165) is 23.8 Å². The summed E-state index contributed by atoms with van der Waals surface area (Å²) in [5.74, 6) is 1.70. The molecule has 0 radical (unpaired) electrons. The van der Waals surface area contributed by atoms with Crippen LogP contribution in [0.3, 0.4) is 0 Å². The van der Waals surface area contributed by atoms with Gasteiger partial charge >= 0.3 is 0 Å². The Morgan fingerprint density at radius 2 is 2.00 bits per heavy atom. The number of hydrogen-bond donors (Lipinski definition) is 1. The molecule has 0 aromatic carbocycles. The number of anilines is 1. The zero-order valence-corrected chi connectivity index (χ0v) is 12.2. The van der Waals surface area contributed by atoms with E-state index in [0.29, 0.717) is 0 Å². The Hall–Kier alpha value is -1.91. The molecule has 2 aromatic rings. The summed E-state index contributed by atoms with van der Waals surface area (Å²) in [6.45, 7) is 11.2. The Balaban J connectivity index is 2.31. The first-order valence-electron chi connectivity index (χ1n) is 6.48. The van der Waals surface area contributed by atoms with Gasteiger partial charge in [0.05, 0.1) is 0 Å². The maximum absolute atomic E-state index is 4.55. The van der Waals surface area contributed by atoms with Crippen molar-refractivity contribution in [3.8, 4) is 0 Å². The molecule has 2 rings (SSSR count). The first kappa shape index (κ1) is 13.5. The highest BCUT2D eigenvalue weighted by Gasteiger charge is 2.21. The number of fused-ring (bicyclic) bond motifs is 1. The van der Waals surface area contributed by atoms with Crippen molar-refractivity contribution in [3.05, 3.63) is 29.6 Å². The fourth-order valence-corrected chi connectivity index (χ4v) is 1.71. The molecule has 19 heavy (non-hydrogen) atoms. The minimum absolute atomic E-state index is 0.0784. The number of rotatable bonds is 3. The van der Waals surface area contributed by atoms with Crippen LogP contribution in [0.25, 0.3) is 5.65 Å². The van der Waals surface area contributed by atoms with E-state index in [2.05, 4.69) is 61.3 Å². The van der Waals surface area contributed by atoms with Crippen LogP contribution in [0.5, 0.6) is 0 Å². The second-order valence-corrected chi connectivity index (χ2v) is 5.92. The monoisotopic (exact) mass is 259 g/mol. The summed E-state index contributed by atoms with van der Waals surface area (Å²) < 4.78 is 1.81. The summed E-state index contributed by atoms with van der Waals surface area (Å²) in [5, 5.41) is 16.2. The van der Waals surface area contributed by atoms with Crippen LogP contribution in [0, 0.1) is 0 Å². The Morgan fingerprint density at radius 3 is 2.63 bits per heavy atom. The van der Waals surface area contributed by atoms with Crippen LogP contribution in [0.4, 0.5) is 5.82 Å². The Bertz CT molecular complexity index is 600. The van der Waals surface area contributed by atoms with Crippen LogP contribution < -0.4 is 5.32 Å². The van der Waals surface area contributed by atoms with Crippen LogP contribution in [0.2, 0.25) is 0 Å². The molecule has 0 amide bonds. The van der Waals surface area contributed by atoms with Gasteiger partial charge < -0.3 is 5.32 Å². The highest BCUT2D eigenvalue weighted by Crippen LogP contribution is 2.20. The molecular formula is C14H21N5. The molecule has 0 aliphatic carbocycles. The van der Waals surface area contributed by atoms with Gasteiger partial charge in [-0.15, -0.1) is 15.3 Å². The zero-order chi connectivity index (χ0) is 14.0. The van der Waals surface area contributed by atoms with E-state index in [1.807, 2.05) is 16.6 Å². The lowest BCUT2D eigenvalue weighted by Gasteiger charge is -2.15. The van der Waals surface area contributed by atoms with Crippen LogP contribution >= 0.6 is 0 Å². The lowest BCUT2D eigenvalue weighted by molar-refractivity contribution is 0.527. The molecule has 0 saturated carbocycles. The van der Waals surface area contributed by atoms with Gasteiger partial charge in [0.15, 0.2) is 11.5 Å². The molecule has 0 aliphatic rings. The quantitative estimate of drug-likeness (QED) is 0.861. The molecule has 2 heterocycles. The molecule has 0 fully saturated rings. The summed E-state index contributed by atoms with van der Waals surface area (Å²) in [6.07, 6.45) is 2.13. The lowest BCUT2D eigenvalue weighted by atomic mass is 9.96. The molecule has 5 nitrogen and oxygen atoms in total. The van der Waals surface area contributed by atoms with E-state index in [-0.39, 0.29) is 5.41 Å². The van der Waals surface area contributed by atoms with Gasteiger partial charge in [-0.25, -0.2) is 0 Å². The van der Waals surface area contributed by atoms with E-state index < -0.39 is 0 Å². The van der Waals surface area contributed by atoms with E-state index >= 15 is 0 Å². The van der Waals surface area contributed by atoms with Crippen molar-refractivity contribution >= 4 is 11.5 Å². The predicted octanol–water partition coefficient (Wildman–Crippen LogP) is 2.80. The molecule has 102 valence electrons. The van der Waals surface area contributed by atoms with Gasteiger partial charge in [0.25, 0.3) is 0 Å². The number of aromatic nitrogens is 4. The molecule has 0 bridgehead atoms. The summed E-state index contributed by atoms with van der Waals surface area (Å²) in [4.78, 5) is 0. The third kappa shape index (κ3) is 3.10. The molecule has 0 atom stereocenters. The first-order valence-corrected chi connectivity index (χ1v) is 6.48. The maximum atomic E-state index is 4.55. The fourth-order valence-electron chi connectivity index (χ4n) is 1.71. The third-order valence-corrected chi connectivity index (χ3v) is 2.73. The smallest absolute Gasteiger partial charge is 0.178 e. The standard InChI is InChI=1S/C14H21N5/c1-10(2)8-9-15-11-6-7-12-16-17-13(14(3,4)5)19(12)18-11/h6-8H,9H2,1-5H3,(H,15,18). The van der Waals surface area contributed by atoms with Gasteiger partial charge in [-0.3, -0.25) is 0 Å². The maximum Gasteiger partial charge on any atom is 0.178 e. The van der Waals surface area contributed by atoms with Gasteiger partial charge in [0.2, 0.25) is 0 Å². The van der Waals surface area contributed by atoms with E-state index in [9.17, 15) is 0 Å². The average molecular weight is 259 g/mol. The predicted molar refractivity (Wildman–Crippen MR) is 77.4 cm³/mol. The molecule has 0 unspecified atom stereocenters. The minimum Gasteiger partial charge on any atom is -0.365 e. The highest BCUT2D eigenvalue weighted by atomic mass is 15.4. The van der Waals surface area contributed by atoms with Gasteiger partial charge in [0.1, 0.15) is 5.82 Å². The lowest BCUT2D eigenvalue weighted by Crippen LogP contribution is -2.17. The topological polar surface area (TPSA) is 55.1 Å². The van der Waals surface area contributed by atoms with Crippen molar-refractivity contribution in [1.82, 2.24) is 19.8 Å². The number of nitrogens with one attached hydrogen (secondary N) is 1. The van der Waals surface area contributed by atoms with E-state index in [4.69, 9.17) is 0 Å². The summed E-state index contributed by atoms with van der Waals surface area (Å²) in [5.41, 5.74) is 1.98. The van der Waals surface area contributed by atoms with Crippen molar-refractivity contribution in [2.24, 2.45) is 0 Å². The van der Waals surface area contributed by atoms with Crippen LogP contribution in [0.1, 0.15) is 40.4 Å². The summed E-state index contributed by atoms with van der Waals surface area (Å²) >= 11 is 0. The molecule has 0 aliphatic heterocycles. The SMILES string of the molecule is CC(C)=CCNc1ccc2nnc(C(C)(C)C)n2n1. The second kappa shape index (κ2) is 4.99. The van der Waals surface area contributed by atoms with Crippen LogP contribution in [0.15, 0.2) is 23.8 Å². The normalized spacial score (nSPS) is 11.6. The van der Waals surface area contributed by atoms with Gasteiger partial charge in [-0.2, -0.15) is 4.52 Å². The number of hydrogen-bond acceptors (Lipinski definition) is 4. The molecule has 0 spiro atoms. The van der Waals surface area contributed by atoms with Gasteiger partial charge in [0, 0.05) is 12.0 Å².